The van der Waals surface area contributed by atoms with Crippen LogP contribution in [0.25, 0.3) is 0 Å². The van der Waals surface area contributed by atoms with Gasteiger partial charge in [-0.3, -0.25) is 14.5 Å². The molecule has 0 aromatic heterocycles. The van der Waals surface area contributed by atoms with E-state index < -0.39 is 16.1 Å². The number of carbonyl (C=O) groups excluding carboxylic acids is 1. The molecule has 0 saturated heterocycles. The second kappa shape index (κ2) is 8.83. The number of nitrogens with zero attached hydrogens (tertiary/aromatic N) is 2. The van der Waals surface area contributed by atoms with E-state index in [-0.39, 0.29) is 22.2 Å². The number of hydrogen-bond donors (Lipinski definition) is 2. The molecule has 8 heteroatoms. The van der Waals surface area contributed by atoms with Gasteiger partial charge in [0.15, 0.2) is 0 Å². The number of unbranched alkanes of at least 4 members (excludes halogenated alkanes) is 1. The molecular weight excluding hydrogens is 388 g/mol. The van der Waals surface area contributed by atoms with Crippen LogP contribution in [0.3, 0.4) is 0 Å². The molecule has 1 aliphatic carbocycles. The van der Waals surface area contributed by atoms with Crippen LogP contribution in [0.5, 0.6) is 0 Å². The molecule has 2 aliphatic rings. The summed E-state index contributed by atoms with van der Waals surface area (Å²) in [6, 6.07) is 6.13. The van der Waals surface area contributed by atoms with Crippen molar-refractivity contribution in [1.29, 1.82) is 0 Å². The lowest BCUT2D eigenvalue weighted by Gasteiger charge is -2.36. The van der Waals surface area contributed by atoms with Gasteiger partial charge in [-0.2, -0.15) is 0 Å². The van der Waals surface area contributed by atoms with Gasteiger partial charge in [0, 0.05) is 17.6 Å². The van der Waals surface area contributed by atoms with Crippen molar-refractivity contribution in [3.8, 4) is 0 Å². The van der Waals surface area contributed by atoms with Gasteiger partial charge in [0.25, 0.3) is 10.0 Å². The maximum absolute atomic E-state index is 13.0. The molecule has 0 bridgehead atoms. The van der Waals surface area contributed by atoms with Gasteiger partial charge >= 0.3 is 0 Å². The number of rotatable bonds is 8. The van der Waals surface area contributed by atoms with E-state index in [1.807, 2.05) is 0 Å². The zero-order valence-corrected chi connectivity index (χ0v) is 18.4. The summed E-state index contributed by atoms with van der Waals surface area (Å²) in [5.74, 6) is 0.127. The second-order valence-corrected chi connectivity index (χ2v) is 9.93. The molecule has 1 atom stereocenters. The van der Waals surface area contributed by atoms with Gasteiger partial charge in [0.2, 0.25) is 5.91 Å². The fraction of sp³-hybridized carbons (Fsp3) is 0.619. The van der Waals surface area contributed by atoms with Crippen LogP contribution in [-0.2, 0) is 14.8 Å². The molecule has 2 N–H and O–H groups in total. The number of sulfonamides is 1. The van der Waals surface area contributed by atoms with Gasteiger partial charge in [0.05, 0.1) is 4.90 Å². The highest BCUT2D eigenvalue weighted by Gasteiger charge is 2.37. The van der Waals surface area contributed by atoms with Crippen LogP contribution >= 0.6 is 0 Å². The summed E-state index contributed by atoms with van der Waals surface area (Å²) in [5, 5.41) is 3.11. The monoisotopic (exact) mass is 420 g/mol. The lowest BCUT2D eigenvalue weighted by Crippen LogP contribution is -2.52. The van der Waals surface area contributed by atoms with E-state index in [0.717, 1.165) is 25.7 Å². The predicted molar refractivity (Wildman–Crippen MR) is 115 cm³/mol. The zero-order valence-electron chi connectivity index (χ0n) is 17.6. The molecule has 1 aliphatic heterocycles. The fourth-order valence-corrected chi connectivity index (χ4v) is 5.46. The summed E-state index contributed by atoms with van der Waals surface area (Å²) < 4.78 is 27.2. The van der Waals surface area contributed by atoms with E-state index in [1.165, 1.54) is 12.8 Å². The van der Waals surface area contributed by atoms with Crippen molar-refractivity contribution in [2.24, 2.45) is 4.99 Å². The van der Waals surface area contributed by atoms with Crippen LogP contribution in [0.2, 0.25) is 0 Å². The Bertz CT molecular complexity index is 874. The second-order valence-electron chi connectivity index (χ2n) is 8.28. The van der Waals surface area contributed by atoms with Gasteiger partial charge in [-0.1, -0.05) is 44.7 Å². The maximum Gasteiger partial charge on any atom is 0.263 e. The van der Waals surface area contributed by atoms with Crippen LogP contribution in [0.4, 0.5) is 0 Å². The lowest BCUT2D eigenvalue weighted by molar-refractivity contribution is -0.123. The van der Waals surface area contributed by atoms with E-state index in [4.69, 9.17) is 0 Å². The van der Waals surface area contributed by atoms with Crippen LogP contribution in [0.1, 0.15) is 57.4 Å². The minimum Gasteiger partial charge on any atom is -0.352 e. The Morgan fingerprint density at radius 1 is 1.28 bits per heavy atom. The van der Waals surface area contributed by atoms with Crippen molar-refractivity contribution < 1.29 is 13.2 Å². The Hall–Kier alpha value is -1.93. The maximum atomic E-state index is 13.0. The number of aliphatic imine (C=N–C) groups is 1. The molecule has 1 heterocycles. The largest absolute Gasteiger partial charge is 0.352 e. The molecule has 160 valence electrons. The number of benzene rings is 1. The fourth-order valence-electron chi connectivity index (χ4n) is 4.22. The standard InChI is InChI=1S/C21H32N4O3S/c1-4-5-11-17(20(26)22-15-21(25(2)3)13-8-9-14-21)23-19-16-10-6-7-12-18(16)29(27,28)24-19/h6-7,10,12,17H,4-5,8-9,11,13-15H2,1-3H3,(H,22,26)(H,23,24). The Morgan fingerprint density at radius 3 is 2.62 bits per heavy atom. The highest BCUT2D eigenvalue weighted by Crippen LogP contribution is 2.33. The molecule has 7 nitrogen and oxygen atoms in total. The molecule has 1 saturated carbocycles. The molecule has 1 aromatic rings. The molecule has 3 rings (SSSR count). The van der Waals surface area contributed by atoms with Gasteiger partial charge in [-0.15, -0.1) is 0 Å². The third-order valence-corrected chi connectivity index (χ3v) is 7.55. The van der Waals surface area contributed by atoms with Crippen molar-refractivity contribution in [3.63, 3.8) is 0 Å². The summed E-state index contributed by atoms with van der Waals surface area (Å²) in [6.45, 7) is 2.66. The number of hydrogen-bond acceptors (Lipinski definition) is 5. The normalized spacial score (nSPS) is 21.7. The van der Waals surface area contributed by atoms with Gasteiger partial charge in [-0.05, 0) is 45.5 Å². The van der Waals surface area contributed by atoms with E-state index in [1.54, 1.807) is 24.3 Å². The van der Waals surface area contributed by atoms with Crippen molar-refractivity contribution in [3.05, 3.63) is 29.8 Å². The molecule has 1 aromatic carbocycles. The Labute approximate surface area is 174 Å². The lowest BCUT2D eigenvalue weighted by atomic mass is 9.95. The molecule has 29 heavy (non-hydrogen) atoms. The zero-order chi connectivity index (χ0) is 21.1. The number of nitrogens with one attached hydrogen (secondary N) is 2. The highest BCUT2D eigenvalue weighted by atomic mass is 32.2. The highest BCUT2D eigenvalue weighted by molar-refractivity contribution is 7.90. The minimum atomic E-state index is -3.61. The first-order valence-electron chi connectivity index (χ1n) is 10.4. The molecular formula is C21H32N4O3S. The molecule has 0 radical (unpaired) electrons. The quantitative estimate of drug-likeness (QED) is 0.675. The first-order valence-corrected chi connectivity index (χ1v) is 11.9. The van der Waals surface area contributed by atoms with Crippen molar-refractivity contribution in [2.75, 3.05) is 20.6 Å². The molecule has 0 spiro atoms. The van der Waals surface area contributed by atoms with Crippen LogP contribution in [-0.4, -0.2) is 57.3 Å². The topological polar surface area (TPSA) is 90.9 Å². The van der Waals surface area contributed by atoms with E-state index in [0.29, 0.717) is 18.5 Å². The van der Waals surface area contributed by atoms with Crippen LogP contribution < -0.4 is 10.0 Å². The number of likely N-dealkylation sites (N-methyl/N-ethyl adjacent to an activating group) is 1. The molecule has 1 fully saturated rings. The molecule has 1 amide bonds. The average Bonchev–Trinajstić information content (AvgIpc) is 3.27. The SMILES string of the molecule is CCCCC(N=C1NS(=O)(=O)c2ccccc21)C(=O)NCC1(N(C)C)CCCC1. The number of fused-ring (bicyclic) bond motifs is 1. The summed E-state index contributed by atoms with van der Waals surface area (Å²) >= 11 is 0. The van der Waals surface area contributed by atoms with Gasteiger partial charge < -0.3 is 10.2 Å². The summed E-state index contributed by atoms with van der Waals surface area (Å²) in [5.41, 5.74) is 0.530. The molecule has 1 unspecified atom stereocenters. The Morgan fingerprint density at radius 2 is 1.97 bits per heavy atom. The average molecular weight is 421 g/mol. The predicted octanol–water partition coefficient (Wildman–Crippen LogP) is 2.27. The van der Waals surface area contributed by atoms with E-state index >= 15 is 0 Å². The minimum absolute atomic E-state index is 0.000341. The Balaban J connectivity index is 1.80. The summed E-state index contributed by atoms with van der Waals surface area (Å²) in [4.78, 5) is 20.0. The first-order chi connectivity index (χ1) is 13.8. The third-order valence-electron chi connectivity index (χ3n) is 6.16. The summed E-state index contributed by atoms with van der Waals surface area (Å²) in [7, 11) is 0.520. The first kappa shape index (κ1) is 21.8. The van der Waals surface area contributed by atoms with E-state index in [2.05, 4.69) is 41.0 Å². The van der Waals surface area contributed by atoms with E-state index in [9.17, 15) is 13.2 Å². The van der Waals surface area contributed by atoms with Crippen molar-refractivity contribution >= 4 is 21.8 Å². The van der Waals surface area contributed by atoms with Crippen LogP contribution in [0.15, 0.2) is 34.2 Å². The van der Waals surface area contributed by atoms with Gasteiger partial charge in [0.1, 0.15) is 11.9 Å². The Kier molecular flexibility index (Phi) is 6.63. The van der Waals surface area contributed by atoms with Crippen molar-refractivity contribution in [1.82, 2.24) is 14.9 Å². The summed E-state index contributed by atoms with van der Waals surface area (Å²) in [6.07, 6.45) is 6.87. The number of carbonyl (C=O) groups is 1. The van der Waals surface area contributed by atoms with Crippen LogP contribution in [0, 0.1) is 0 Å². The number of amides is 1. The van der Waals surface area contributed by atoms with Gasteiger partial charge in [-0.25, -0.2) is 8.42 Å². The number of amidine groups is 1. The third kappa shape index (κ3) is 4.64. The van der Waals surface area contributed by atoms with Crippen molar-refractivity contribution in [2.45, 2.75) is 68.3 Å². The smallest absolute Gasteiger partial charge is 0.263 e.